The summed E-state index contributed by atoms with van der Waals surface area (Å²) in [6, 6.07) is -0.0253. The molecule has 11 heteroatoms. The fourth-order valence-corrected chi connectivity index (χ4v) is 1.46. The van der Waals surface area contributed by atoms with Gasteiger partial charge in [0.1, 0.15) is 0 Å². The summed E-state index contributed by atoms with van der Waals surface area (Å²) in [5, 5.41) is 17.3. The number of hydrogen-bond acceptors (Lipinski definition) is 2. The van der Waals surface area contributed by atoms with Gasteiger partial charge in [-0.05, 0) is 12.1 Å². The van der Waals surface area contributed by atoms with Gasteiger partial charge in [-0.1, -0.05) is 6.07 Å². The van der Waals surface area contributed by atoms with Crippen LogP contribution in [0.2, 0.25) is 0 Å². The molecule has 0 aromatic heterocycles. The fraction of sp³-hybridized carbons (Fsp3) is 0.273. The molecule has 2 N–H and O–H groups in total. The molecule has 1 aromatic carbocycles. The van der Waals surface area contributed by atoms with Crippen LogP contribution < -0.4 is 0 Å². The number of aromatic carboxylic acids is 2. The van der Waals surface area contributed by atoms with E-state index in [9.17, 15) is 40.3 Å². The van der Waals surface area contributed by atoms with Gasteiger partial charge in [0.2, 0.25) is 0 Å². The molecule has 0 aliphatic carbocycles. The largest absolute Gasteiger partial charge is 0.478 e. The molecule has 0 radical (unpaired) electrons. The first-order chi connectivity index (χ1) is 9.73. The third kappa shape index (κ3) is 2.70. The van der Waals surface area contributed by atoms with Gasteiger partial charge in [0, 0.05) is 5.56 Å². The van der Waals surface area contributed by atoms with Crippen LogP contribution in [-0.2, 0) is 5.92 Å². The summed E-state index contributed by atoms with van der Waals surface area (Å²) in [6.07, 6.45) is -6.59. The van der Waals surface area contributed by atoms with Crippen LogP contribution in [0.25, 0.3) is 0 Å². The molecule has 0 aliphatic heterocycles. The van der Waals surface area contributed by atoms with Gasteiger partial charge in [0.15, 0.2) is 0 Å². The molecule has 0 unspecified atom stereocenters. The summed E-state index contributed by atoms with van der Waals surface area (Å²) in [7, 11) is 0. The van der Waals surface area contributed by atoms with E-state index in [0.717, 1.165) is 0 Å². The SMILES string of the molecule is O=C(O)c1ccc(C(F)(F)C(F)(F)C(F)(F)F)cc1C(=O)O. The van der Waals surface area contributed by atoms with Crippen LogP contribution in [0.1, 0.15) is 26.3 Å². The van der Waals surface area contributed by atoms with E-state index < -0.39 is 46.7 Å². The molecule has 0 amide bonds. The number of carboxylic acids is 2. The topological polar surface area (TPSA) is 74.6 Å². The smallest absolute Gasteiger partial charge is 0.460 e. The highest BCUT2D eigenvalue weighted by Gasteiger charge is 2.73. The molecule has 0 spiro atoms. The molecule has 0 heterocycles. The van der Waals surface area contributed by atoms with Crippen LogP contribution in [0.3, 0.4) is 0 Å². The molecule has 0 bridgehead atoms. The zero-order valence-electron chi connectivity index (χ0n) is 10.1. The van der Waals surface area contributed by atoms with Gasteiger partial charge in [0.25, 0.3) is 0 Å². The van der Waals surface area contributed by atoms with Crippen molar-refractivity contribution in [1.29, 1.82) is 0 Å². The Morgan fingerprint density at radius 1 is 0.818 bits per heavy atom. The average Bonchev–Trinajstić information content (AvgIpc) is 2.36. The second-order valence-electron chi connectivity index (χ2n) is 4.02. The number of halogens is 7. The van der Waals surface area contributed by atoms with E-state index in [1.165, 1.54) is 0 Å². The summed E-state index contributed by atoms with van der Waals surface area (Å²) < 4.78 is 88.6. The summed E-state index contributed by atoms with van der Waals surface area (Å²) in [5.41, 5.74) is -4.36. The maximum Gasteiger partial charge on any atom is 0.460 e. The second-order valence-corrected chi connectivity index (χ2v) is 4.02. The lowest BCUT2D eigenvalue weighted by atomic mass is 9.96. The maximum absolute atomic E-state index is 13.4. The van der Waals surface area contributed by atoms with Gasteiger partial charge < -0.3 is 10.2 Å². The Balaban J connectivity index is 3.54. The lowest BCUT2D eigenvalue weighted by molar-refractivity contribution is -0.359. The van der Waals surface area contributed by atoms with Crippen LogP contribution in [0.4, 0.5) is 30.7 Å². The third-order valence-electron chi connectivity index (χ3n) is 2.59. The van der Waals surface area contributed by atoms with Crippen molar-refractivity contribution in [3.8, 4) is 0 Å². The van der Waals surface area contributed by atoms with Gasteiger partial charge in [-0.25, -0.2) is 9.59 Å². The van der Waals surface area contributed by atoms with E-state index in [2.05, 4.69) is 0 Å². The Bertz CT molecular complexity index is 621. The van der Waals surface area contributed by atoms with Crippen molar-refractivity contribution < 1.29 is 50.5 Å². The highest BCUT2D eigenvalue weighted by atomic mass is 19.4. The van der Waals surface area contributed by atoms with Crippen molar-refractivity contribution in [3.63, 3.8) is 0 Å². The third-order valence-corrected chi connectivity index (χ3v) is 2.59. The first-order valence-electron chi connectivity index (χ1n) is 5.17. The first-order valence-corrected chi connectivity index (χ1v) is 5.17. The molecule has 0 saturated heterocycles. The molecule has 0 aliphatic rings. The molecule has 122 valence electrons. The number of benzene rings is 1. The van der Waals surface area contributed by atoms with Crippen molar-refractivity contribution in [2.75, 3.05) is 0 Å². The van der Waals surface area contributed by atoms with Crippen LogP contribution >= 0.6 is 0 Å². The van der Waals surface area contributed by atoms with Crippen molar-refractivity contribution in [2.45, 2.75) is 18.0 Å². The Morgan fingerprint density at radius 2 is 1.27 bits per heavy atom. The molecule has 4 nitrogen and oxygen atoms in total. The number of alkyl halides is 7. The second kappa shape index (κ2) is 5.14. The van der Waals surface area contributed by atoms with Gasteiger partial charge in [-0.3, -0.25) is 0 Å². The number of hydrogen-bond donors (Lipinski definition) is 2. The first kappa shape index (κ1) is 17.7. The van der Waals surface area contributed by atoms with E-state index in [-0.39, 0.29) is 18.2 Å². The molecular formula is C11H5F7O4. The summed E-state index contributed by atoms with van der Waals surface area (Å²) in [5.74, 6) is -16.2. The maximum atomic E-state index is 13.4. The fourth-order valence-electron chi connectivity index (χ4n) is 1.46. The zero-order valence-corrected chi connectivity index (χ0v) is 10.1. The van der Waals surface area contributed by atoms with Gasteiger partial charge in [0.05, 0.1) is 11.1 Å². The molecule has 0 fully saturated rings. The van der Waals surface area contributed by atoms with E-state index in [1.807, 2.05) is 0 Å². The normalized spacial score (nSPS) is 13.0. The van der Waals surface area contributed by atoms with Crippen LogP contribution in [-0.4, -0.2) is 34.3 Å². The lowest BCUT2D eigenvalue weighted by Gasteiger charge is -2.28. The van der Waals surface area contributed by atoms with E-state index in [4.69, 9.17) is 10.2 Å². The van der Waals surface area contributed by atoms with E-state index in [0.29, 0.717) is 0 Å². The average molecular weight is 334 g/mol. The minimum Gasteiger partial charge on any atom is -0.478 e. The highest BCUT2D eigenvalue weighted by Crippen LogP contribution is 2.51. The standard InChI is InChI=1S/C11H5F7O4/c12-9(13,10(14,15)11(16,17)18)4-1-2-5(7(19)20)6(3-4)8(21)22/h1-3H,(H,19,20)(H,21,22). The molecule has 0 atom stereocenters. The zero-order chi connectivity index (χ0) is 17.5. The highest BCUT2D eigenvalue weighted by molar-refractivity contribution is 6.01. The van der Waals surface area contributed by atoms with Crippen LogP contribution in [0, 0.1) is 0 Å². The van der Waals surface area contributed by atoms with Crippen molar-refractivity contribution in [2.24, 2.45) is 0 Å². The Labute approximate surface area is 116 Å². The predicted octanol–water partition coefficient (Wildman–Crippen LogP) is 3.37. The van der Waals surface area contributed by atoms with Crippen LogP contribution in [0.15, 0.2) is 18.2 Å². The number of carboxylic acid groups (broad SMARTS) is 2. The minimum absolute atomic E-state index is 0.00442. The van der Waals surface area contributed by atoms with Crippen molar-refractivity contribution >= 4 is 11.9 Å². The lowest BCUT2D eigenvalue weighted by Crippen LogP contribution is -2.50. The molecular weight excluding hydrogens is 329 g/mol. The predicted molar refractivity (Wildman–Crippen MR) is 55.3 cm³/mol. The van der Waals surface area contributed by atoms with Gasteiger partial charge in [-0.15, -0.1) is 0 Å². The summed E-state index contributed by atoms with van der Waals surface area (Å²) in [4.78, 5) is 21.4. The monoisotopic (exact) mass is 334 g/mol. The van der Waals surface area contributed by atoms with Crippen molar-refractivity contribution in [1.82, 2.24) is 0 Å². The summed E-state index contributed by atoms with van der Waals surface area (Å²) >= 11 is 0. The Morgan fingerprint density at radius 3 is 1.64 bits per heavy atom. The quantitative estimate of drug-likeness (QED) is 0.828. The van der Waals surface area contributed by atoms with Gasteiger partial charge >= 0.3 is 30.0 Å². The minimum atomic E-state index is -6.59. The molecule has 1 rings (SSSR count). The number of carbonyl (C=O) groups is 2. The van der Waals surface area contributed by atoms with Gasteiger partial charge in [-0.2, -0.15) is 30.7 Å². The van der Waals surface area contributed by atoms with E-state index in [1.54, 1.807) is 0 Å². The Hall–Kier alpha value is -2.33. The molecule has 22 heavy (non-hydrogen) atoms. The number of rotatable bonds is 4. The summed E-state index contributed by atoms with van der Waals surface area (Å²) in [6.45, 7) is 0. The molecule has 1 aromatic rings. The van der Waals surface area contributed by atoms with Crippen molar-refractivity contribution in [3.05, 3.63) is 34.9 Å². The van der Waals surface area contributed by atoms with Crippen LogP contribution in [0.5, 0.6) is 0 Å². The Kier molecular flexibility index (Phi) is 4.14. The molecule has 0 saturated carbocycles. The van der Waals surface area contributed by atoms with E-state index >= 15 is 0 Å².